The molecule has 0 aromatic heterocycles. The summed E-state index contributed by atoms with van der Waals surface area (Å²) in [5.41, 5.74) is 4.32. The lowest BCUT2D eigenvalue weighted by Gasteiger charge is -2.37. The molecule has 3 rings (SSSR count). The number of carbonyl (C=O) groups excluding carboxylic acids is 2. The second-order valence-corrected chi connectivity index (χ2v) is 9.61. The fourth-order valence-corrected chi connectivity index (χ4v) is 4.91. The van der Waals surface area contributed by atoms with E-state index in [1.54, 1.807) is 0 Å². The van der Waals surface area contributed by atoms with Crippen molar-refractivity contribution in [1.29, 1.82) is 0 Å². The van der Waals surface area contributed by atoms with Gasteiger partial charge in [-0.3, -0.25) is 4.79 Å². The quantitative estimate of drug-likeness (QED) is 0.490. The number of carbonyl (C=O) groups is 2. The van der Waals surface area contributed by atoms with Gasteiger partial charge in [0.05, 0.1) is 15.7 Å². The van der Waals surface area contributed by atoms with E-state index in [4.69, 9.17) is 33.7 Å². The molecule has 0 radical (unpaired) electrons. The molecule has 33 heavy (non-hydrogen) atoms. The first kappa shape index (κ1) is 25.2. The van der Waals surface area contributed by atoms with Gasteiger partial charge in [0.25, 0.3) is 5.91 Å². The highest BCUT2D eigenvalue weighted by molar-refractivity contribution is 6.38. The van der Waals surface area contributed by atoms with Crippen molar-refractivity contribution in [3.8, 4) is 5.75 Å². The molecular formula is C24H26Cl2F2N2O3. The van der Waals surface area contributed by atoms with Crippen molar-refractivity contribution in [3.05, 3.63) is 57.6 Å². The Hall–Kier alpha value is -2.38. The van der Waals surface area contributed by atoms with Crippen molar-refractivity contribution < 1.29 is 23.1 Å². The maximum absolute atomic E-state index is 14.1. The van der Waals surface area contributed by atoms with Crippen LogP contribution in [0.2, 0.25) is 10.0 Å². The van der Waals surface area contributed by atoms with E-state index in [2.05, 4.69) is 20.8 Å². The molecule has 0 saturated heterocycles. The Morgan fingerprint density at radius 2 is 1.70 bits per heavy atom. The normalized spacial score (nSPS) is 20.5. The molecule has 3 amide bonds. The number of anilines is 1. The van der Waals surface area contributed by atoms with Crippen LogP contribution in [0.4, 0.5) is 19.3 Å². The van der Waals surface area contributed by atoms with E-state index in [-0.39, 0.29) is 27.6 Å². The minimum atomic E-state index is -1.28. The summed E-state index contributed by atoms with van der Waals surface area (Å²) in [4.78, 5) is 25.3. The monoisotopic (exact) mass is 498 g/mol. The van der Waals surface area contributed by atoms with Crippen LogP contribution in [0.1, 0.15) is 50.4 Å². The predicted molar refractivity (Wildman–Crippen MR) is 125 cm³/mol. The summed E-state index contributed by atoms with van der Waals surface area (Å²) in [6.07, 6.45) is 2.88. The van der Waals surface area contributed by atoms with Crippen molar-refractivity contribution in [2.24, 2.45) is 23.5 Å². The Morgan fingerprint density at radius 1 is 1.12 bits per heavy atom. The predicted octanol–water partition coefficient (Wildman–Crippen LogP) is 6.84. The van der Waals surface area contributed by atoms with Crippen LogP contribution in [0.5, 0.6) is 5.75 Å². The summed E-state index contributed by atoms with van der Waals surface area (Å²) in [5, 5.41) is 0.0950. The standard InChI is InChI=1S/C24H26Cl2F2N2O3/c1-12(2)15-8-7-13(3)9-20(15)33-22-16(25)10-14(11-17(22)26)30(24(29)32)23(31)21-18(27)5-4-6-19(21)28/h4-6,10-13,15,20H,7-9H2,1-3H3,(H2,29,32)/t13-,15+,20-/m0/s1. The zero-order valence-corrected chi connectivity index (χ0v) is 20.1. The summed E-state index contributed by atoms with van der Waals surface area (Å²) in [6, 6.07) is 4.20. The SMILES string of the molecule is CC(C)[C@H]1CC[C@H](C)C[C@@H]1Oc1c(Cl)cc(N(C(N)=O)C(=O)c2c(F)cccc2F)cc1Cl. The Balaban J connectivity index is 1.96. The van der Waals surface area contributed by atoms with Gasteiger partial charge < -0.3 is 10.5 Å². The molecule has 1 saturated carbocycles. The lowest BCUT2D eigenvalue weighted by molar-refractivity contribution is 0.0461. The number of nitrogens with two attached hydrogens (primary N) is 1. The number of urea groups is 1. The molecule has 0 heterocycles. The third-order valence-corrected chi connectivity index (χ3v) is 6.63. The van der Waals surface area contributed by atoms with E-state index < -0.39 is 29.1 Å². The molecule has 0 aliphatic heterocycles. The van der Waals surface area contributed by atoms with Gasteiger partial charge in [0.1, 0.15) is 23.3 Å². The number of imide groups is 1. The van der Waals surface area contributed by atoms with Gasteiger partial charge in [-0.2, -0.15) is 0 Å². The molecule has 0 bridgehead atoms. The van der Waals surface area contributed by atoms with Gasteiger partial charge in [-0.25, -0.2) is 18.5 Å². The average molecular weight is 499 g/mol. The van der Waals surface area contributed by atoms with Gasteiger partial charge in [0.15, 0.2) is 5.75 Å². The van der Waals surface area contributed by atoms with Gasteiger partial charge >= 0.3 is 6.03 Å². The topological polar surface area (TPSA) is 72.6 Å². The maximum Gasteiger partial charge on any atom is 0.326 e. The number of hydrogen-bond acceptors (Lipinski definition) is 3. The summed E-state index contributed by atoms with van der Waals surface area (Å²) in [7, 11) is 0. The molecule has 1 aliphatic rings. The molecule has 9 heteroatoms. The highest BCUT2D eigenvalue weighted by atomic mass is 35.5. The number of primary amides is 1. The smallest absolute Gasteiger partial charge is 0.326 e. The largest absolute Gasteiger partial charge is 0.487 e. The van der Waals surface area contributed by atoms with Crippen LogP contribution in [0, 0.1) is 29.4 Å². The maximum atomic E-state index is 14.1. The van der Waals surface area contributed by atoms with Crippen LogP contribution in [-0.4, -0.2) is 18.0 Å². The first-order valence-corrected chi connectivity index (χ1v) is 11.5. The van der Waals surface area contributed by atoms with Crippen LogP contribution in [0.3, 0.4) is 0 Å². The molecule has 1 aliphatic carbocycles. The van der Waals surface area contributed by atoms with Crippen LogP contribution in [0.15, 0.2) is 30.3 Å². The van der Waals surface area contributed by atoms with Crippen LogP contribution in [0.25, 0.3) is 0 Å². The van der Waals surface area contributed by atoms with Crippen molar-refractivity contribution in [2.45, 2.75) is 46.1 Å². The van der Waals surface area contributed by atoms with E-state index in [1.807, 2.05) is 0 Å². The minimum absolute atomic E-state index is 0.0475. The van der Waals surface area contributed by atoms with E-state index in [0.717, 1.165) is 37.5 Å². The summed E-state index contributed by atoms with van der Waals surface area (Å²) in [6.45, 7) is 6.44. The summed E-state index contributed by atoms with van der Waals surface area (Å²) >= 11 is 12.9. The highest BCUT2D eigenvalue weighted by Gasteiger charge is 2.34. The Kier molecular flexibility index (Phi) is 7.85. The zero-order valence-electron chi connectivity index (χ0n) is 18.6. The van der Waals surface area contributed by atoms with Crippen molar-refractivity contribution >= 4 is 40.8 Å². The Bertz CT molecular complexity index is 1020. The number of benzene rings is 2. The average Bonchev–Trinajstić information content (AvgIpc) is 2.70. The molecular weight excluding hydrogens is 473 g/mol. The molecule has 2 aromatic carbocycles. The van der Waals surface area contributed by atoms with Gasteiger partial charge in [0, 0.05) is 0 Å². The molecule has 3 atom stereocenters. The third-order valence-electron chi connectivity index (χ3n) is 6.07. The van der Waals surface area contributed by atoms with Gasteiger partial charge in [0.2, 0.25) is 0 Å². The van der Waals surface area contributed by atoms with E-state index >= 15 is 0 Å². The fraction of sp³-hybridized carbons (Fsp3) is 0.417. The molecule has 178 valence electrons. The number of halogens is 4. The second kappa shape index (κ2) is 10.3. The van der Waals surface area contributed by atoms with Crippen molar-refractivity contribution in [1.82, 2.24) is 0 Å². The Morgan fingerprint density at radius 3 is 2.21 bits per heavy atom. The minimum Gasteiger partial charge on any atom is -0.487 e. The number of rotatable bonds is 5. The molecule has 5 nitrogen and oxygen atoms in total. The van der Waals surface area contributed by atoms with Crippen molar-refractivity contribution in [2.75, 3.05) is 4.90 Å². The van der Waals surface area contributed by atoms with Crippen LogP contribution < -0.4 is 15.4 Å². The molecule has 0 spiro atoms. The lowest BCUT2D eigenvalue weighted by atomic mass is 9.75. The van der Waals surface area contributed by atoms with E-state index in [1.165, 1.54) is 12.1 Å². The Labute approximate surface area is 201 Å². The third kappa shape index (κ3) is 5.41. The number of ether oxygens (including phenoxy) is 1. The zero-order chi connectivity index (χ0) is 24.4. The molecule has 1 fully saturated rings. The first-order chi connectivity index (χ1) is 15.5. The van der Waals surface area contributed by atoms with Gasteiger partial charge in [-0.05, 0) is 54.9 Å². The lowest BCUT2D eigenvalue weighted by Crippen LogP contribution is -2.41. The highest BCUT2D eigenvalue weighted by Crippen LogP contribution is 2.42. The van der Waals surface area contributed by atoms with Gasteiger partial charge in [-0.15, -0.1) is 0 Å². The molecule has 0 unspecified atom stereocenters. The number of amides is 3. The molecule has 2 aromatic rings. The van der Waals surface area contributed by atoms with Crippen molar-refractivity contribution in [3.63, 3.8) is 0 Å². The van der Waals surface area contributed by atoms with Gasteiger partial charge in [-0.1, -0.05) is 56.5 Å². The molecule has 2 N–H and O–H groups in total. The van der Waals surface area contributed by atoms with E-state index in [0.29, 0.717) is 22.7 Å². The number of nitrogens with zero attached hydrogens (tertiary/aromatic N) is 1. The number of hydrogen-bond donors (Lipinski definition) is 1. The first-order valence-electron chi connectivity index (χ1n) is 10.7. The second-order valence-electron chi connectivity index (χ2n) is 8.80. The summed E-state index contributed by atoms with van der Waals surface area (Å²) < 4.78 is 34.5. The summed E-state index contributed by atoms with van der Waals surface area (Å²) in [5.74, 6) is -2.11. The van der Waals surface area contributed by atoms with E-state index in [9.17, 15) is 18.4 Å². The van der Waals surface area contributed by atoms with Crippen LogP contribution >= 0.6 is 23.2 Å². The fourth-order valence-electron chi connectivity index (χ4n) is 4.35. The van der Waals surface area contributed by atoms with Crippen LogP contribution in [-0.2, 0) is 0 Å².